The standard InChI is InChI=1S/C14H22BrN3O/c1-5-18-12(14(15)10(4)16-18)8-17-7-11(9(2)3)6-13(17)19/h9,11H,5-8H2,1-4H3. The molecular weight excluding hydrogens is 306 g/mol. The number of aryl methyl sites for hydroxylation is 2. The van der Waals surface area contributed by atoms with E-state index in [1.54, 1.807) is 0 Å². The molecule has 19 heavy (non-hydrogen) atoms. The van der Waals surface area contributed by atoms with Crippen molar-refractivity contribution in [3.63, 3.8) is 0 Å². The number of nitrogens with zero attached hydrogens (tertiary/aromatic N) is 3. The van der Waals surface area contributed by atoms with Crippen LogP contribution in [0.3, 0.4) is 0 Å². The van der Waals surface area contributed by atoms with Gasteiger partial charge in [-0.2, -0.15) is 5.10 Å². The van der Waals surface area contributed by atoms with Crippen molar-refractivity contribution in [3.05, 3.63) is 15.9 Å². The summed E-state index contributed by atoms with van der Waals surface area (Å²) in [4.78, 5) is 14.1. The second-order valence-corrected chi connectivity index (χ2v) is 6.44. The number of carbonyl (C=O) groups is 1. The van der Waals surface area contributed by atoms with E-state index in [2.05, 4.69) is 41.8 Å². The molecule has 0 bridgehead atoms. The maximum atomic E-state index is 12.1. The summed E-state index contributed by atoms with van der Waals surface area (Å²) in [6.45, 7) is 10.8. The molecule has 4 nitrogen and oxygen atoms in total. The smallest absolute Gasteiger partial charge is 0.223 e. The first-order valence-electron chi connectivity index (χ1n) is 6.93. The van der Waals surface area contributed by atoms with E-state index in [1.165, 1.54) is 0 Å². The third kappa shape index (κ3) is 2.86. The average molecular weight is 328 g/mol. The Morgan fingerprint density at radius 3 is 2.68 bits per heavy atom. The lowest BCUT2D eigenvalue weighted by atomic mass is 9.95. The third-order valence-electron chi connectivity index (χ3n) is 3.98. The minimum absolute atomic E-state index is 0.270. The van der Waals surface area contributed by atoms with E-state index < -0.39 is 0 Å². The maximum Gasteiger partial charge on any atom is 0.223 e. The van der Waals surface area contributed by atoms with Crippen LogP contribution in [0.2, 0.25) is 0 Å². The van der Waals surface area contributed by atoms with Gasteiger partial charge in [-0.05, 0) is 41.6 Å². The van der Waals surface area contributed by atoms with E-state index in [0.717, 1.165) is 29.0 Å². The molecule has 0 radical (unpaired) electrons. The molecule has 2 rings (SSSR count). The van der Waals surface area contributed by atoms with E-state index >= 15 is 0 Å². The minimum atomic E-state index is 0.270. The second-order valence-electron chi connectivity index (χ2n) is 5.64. The van der Waals surface area contributed by atoms with Gasteiger partial charge in [-0.25, -0.2) is 0 Å². The number of likely N-dealkylation sites (tertiary alicyclic amines) is 1. The summed E-state index contributed by atoms with van der Waals surface area (Å²) in [6, 6.07) is 0. The molecule has 1 atom stereocenters. The van der Waals surface area contributed by atoms with Crippen molar-refractivity contribution in [2.45, 2.75) is 47.2 Å². The Morgan fingerprint density at radius 2 is 2.16 bits per heavy atom. The van der Waals surface area contributed by atoms with Crippen LogP contribution in [0.15, 0.2) is 4.47 Å². The summed E-state index contributed by atoms with van der Waals surface area (Å²) in [6.07, 6.45) is 0.689. The summed E-state index contributed by atoms with van der Waals surface area (Å²) in [7, 11) is 0. The zero-order chi connectivity index (χ0) is 14.2. The van der Waals surface area contributed by atoms with Gasteiger partial charge in [0, 0.05) is 19.5 Å². The monoisotopic (exact) mass is 327 g/mol. The molecule has 1 saturated heterocycles. The van der Waals surface area contributed by atoms with Crippen LogP contribution in [-0.4, -0.2) is 27.1 Å². The van der Waals surface area contributed by atoms with Crippen LogP contribution < -0.4 is 0 Å². The minimum Gasteiger partial charge on any atom is -0.336 e. The highest BCUT2D eigenvalue weighted by atomic mass is 79.9. The van der Waals surface area contributed by atoms with Gasteiger partial charge in [0.25, 0.3) is 0 Å². The van der Waals surface area contributed by atoms with Crippen molar-refractivity contribution in [2.75, 3.05) is 6.54 Å². The van der Waals surface area contributed by atoms with Crippen molar-refractivity contribution in [2.24, 2.45) is 11.8 Å². The van der Waals surface area contributed by atoms with Gasteiger partial charge in [0.15, 0.2) is 0 Å². The normalized spacial score (nSPS) is 19.8. The summed E-state index contributed by atoms with van der Waals surface area (Å²) >= 11 is 3.59. The maximum absolute atomic E-state index is 12.1. The zero-order valence-electron chi connectivity index (χ0n) is 12.1. The molecule has 1 amide bonds. The molecule has 5 heteroatoms. The molecule has 1 fully saturated rings. The van der Waals surface area contributed by atoms with Gasteiger partial charge in [-0.15, -0.1) is 0 Å². The Hall–Kier alpha value is -0.840. The lowest BCUT2D eigenvalue weighted by Crippen LogP contribution is -2.26. The van der Waals surface area contributed by atoms with Crippen molar-refractivity contribution in [1.29, 1.82) is 0 Å². The van der Waals surface area contributed by atoms with Gasteiger partial charge < -0.3 is 4.90 Å². The largest absolute Gasteiger partial charge is 0.336 e. The number of halogens is 1. The first-order valence-corrected chi connectivity index (χ1v) is 7.72. The van der Waals surface area contributed by atoms with Gasteiger partial charge in [0.1, 0.15) is 0 Å². The number of hydrogen-bond acceptors (Lipinski definition) is 2. The fourth-order valence-electron chi connectivity index (χ4n) is 2.60. The van der Waals surface area contributed by atoms with Gasteiger partial charge in [0.2, 0.25) is 5.91 Å². The average Bonchev–Trinajstić information content (AvgIpc) is 2.85. The molecule has 2 heterocycles. The van der Waals surface area contributed by atoms with Crippen molar-refractivity contribution < 1.29 is 4.79 Å². The topological polar surface area (TPSA) is 38.1 Å². The van der Waals surface area contributed by atoms with Crippen LogP contribution in [0, 0.1) is 18.8 Å². The Kier molecular flexibility index (Phi) is 4.33. The molecule has 0 N–H and O–H groups in total. The molecule has 1 aromatic heterocycles. The van der Waals surface area contributed by atoms with Crippen LogP contribution in [0.25, 0.3) is 0 Å². The number of aromatic nitrogens is 2. The van der Waals surface area contributed by atoms with Gasteiger partial charge in [-0.3, -0.25) is 9.48 Å². The van der Waals surface area contributed by atoms with E-state index in [1.807, 2.05) is 16.5 Å². The molecule has 0 aromatic carbocycles. The molecule has 1 unspecified atom stereocenters. The highest BCUT2D eigenvalue weighted by Crippen LogP contribution is 2.28. The molecule has 0 saturated carbocycles. The Labute approximate surface area is 123 Å². The Balaban J connectivity index is 2.16. The second kappa shape index (κ2) is 5.65. The van der Waals surface area contributed by atoms with Crippen LogP contribution in [-0.2, 0) is 17.9 Å². The molecular formula is C14H22BrN3O. The summed E-state index contributed by atoms with van der Waals surface area (Å²) in [5, 5.41) is 4.48. The van der Waals surface area contributed by atoms with Crippen LogP contribution in [0.5, 0.6) is 0 Å². The van der Waals surface area contributed by atoms with Gasteiger partial charge >= 0.3 is 0 Å². The molecule has 1 aliphatic rings. The molecule has 0 spiro atoms. The fourth-order valence-corrected chi connectivity index (χ4v) is 3.01. The summed E-state index contributed by atoms with van der Waals surface area (Å²) in [5.74, 6) is 1.33. The first-order chi connectivity index (χ1) is 8.93. The van der Waals surface area contributed by atoms with E-state index in [-0.39, 0.29) is 5.91 Å². The number of amides is 1. The number of rotatable bonds is 4. The predicted octanol–water partition coefficient (Wildman–Crippen LogP) is 2.98. The van der Waals surface area contributed by atoms with Gasteiger partial charge in [0.05, 0.1) is 22.4 Å². The molecule has 1 aliphatic heterocycles. The van der Waals surface area contributed by atoms with E-state index in [0.29, 0.717) is 24.8 Å². The van der Waals surface area contributed by atoms with Gasteiger partial charge in [-0.1, -0.05) is 13.8 Å². The predicted molar refractivity (Wildman–Crippen MR) is 78.7 cm³/mol. The fraction of sp³-hybridized carbons (Fsp3) is 0.714. The Morgan fingerprint density at radius 1 is 1.47 bits per heavy atom. The first kappa shape index (κ1) is 14.6. The summed E-state index contributed by atoms with van der Waals surface area (Å²) < 4.78 is 3.02. The molecule has 0 aliphatic carbocycles. The molecule has 106 valence electrons. The van der Waals surface area contributed by atoms with Crippen molar-refractivity contribution in [1.82, 2.24) is 14.7 Å². The van der Waals surface area contributed by atoms with Crippen molar-refractivity contribution in [3.8, 4) is 0 Å². The van der Waals surface area contributed by atoms with Crippen LogP contribution in [0.4, 0.5) is 0 Å². The zero-order valence-corrected chi connectivity index (χ0v) is 13.7. The SMILES string of the molecule is CCn1nc(C)c(Br)c1CN1CC(C(C)C)CC1=O. The van der Waals surface area contributed by atoms with Crippen molar-refractivity contribution >= 4 is 21.8 Å². The lowest BCUT2D eigenvalue weighted by molar-refractivity contribution is -0.128. The lowest BCUT2D eigenvalue weighted by Gasteiger charge is -2.19. The summed E-state index contributed by atoms with van der Waals surface area (Å²) in [5.41, 5.74) is 2.10. The Bertz CT molecular complexity index is 481. The third-order valence-corrected chi connectivity index (χ3v) is 5.01. The molecule has 1 aromatic rings. The van der Waals surface area contributed by atoms with Crippen LogP contribution >= 0.6 is 15.9 Å². The van der Waals surface area contributed by atoms with E-state index in [9.17, 15) is 4.79 Å². The van der Waals surface area contributed by atoms with Crippen LogP contribution in [0.1, 0.15) is 38.6 Å². The number of hydrogen-bond donors (Lipinski definition) is 0. The highest BCUT2D eigenvalue weighted by molar-refractivity contribution is 9.10. The number of carbonyl (C=O) groups excluding carboxylic acids is 1. The highest BCUT2D eigenvalue weighted by Gasteiger charge is 2.32. The quantitative estimate of drug-likeness (QED) is 0.852. The van der Waals surface area contributed by atoms with E-state index in [4.69, 9.17) is 0 Å².